The lowest BCUT2D eigenvalue weighted by Crippen LogP contribution is -2.34. The van der Waals surface area contributed by atoms with Gasteiger partial charge in [-0.2, -0.15) is 13.2 Å². The van der Waals surface area contributed by atoms with Crippen LogP contribution in [0, 0.1) is 6.92 Å². The zero-order chi connectivity index (χ0) is 18.7. The molecule has 0 amide bonds. The Morgan fingerprint density at radius 1 is 1.19 bits per heavy atom. The van der Waals surface area contributed by atoms with E-state index in [1.165, 1.54) is 12.1 Å². The SMILES string of the molecule is Cc1cccnc1C(c1ccc(Cl)c(C(F)(F)F)c1)N1CCCNCC1. The Morgan fingerprint density at radius 3 is 2.73 bits per heavy atom. The fraction of sp³-hybridized carbons (Fsp3) is 0.421. The largest absolute Gasteiger partial charge is 0.417 e. The van der Waals surface area contributed by atoms with E-state index in [0.717, 1.165) is 43.9 Å². The van der Waals surface area contributed by atoms with Crippen LogP contribution in [0.3, 0.4) is 0 Å². The third kappa shape index (κ3) is 4.19. The highest BCUT2D eigenvalue weighted by Gasteiger charge is 2.35. The van der Waals surface area contributed by atoms with Crippen LogP contribution >= 0.6 is 11.6 Å². The van der Waals surface area contributed by atoms with Crippen molar-refractivity contribution in [3.8, 4) is 0 Å². The lowest BCUT2D eigenvalue weighted by atomic mass is 9.96. The van der Waals surface area contributed by atoms with E-state index >= 15 is 0 Å². The molecular formula is C19H21ClF3N3. The number of aryl methyl sites for hydroxylation is 1. The first-order chi connectivity index (χ1) is 12.4. The summed E-state index contributed by atoms with van der Waals surface area (Å²) in [5.74, 6) is 0. The van der Waals surface area contributed by atoms with Gasteiger partial charge in [0.2, 0.25) is 0 Å². The van der Waals surface area contributed by atoms with Gasteiger partial charge in [0, 0.05) is 25.8 Å². The average Bonchev–Trinajstić information content (AvgIpc) is 2.86. The molecule has 1 atom stereocenters. The molecule has 26 heavy (non-hydrogen) atoms. The molecule has 1 aromatic heterocycles. The molecule has 2 aromatic rings. The third-order valence-electron chi connectivity index (χ3n) is 4.66. The second kappa shape index (κ2) is 7.94. The maximum atomic E-state index is 13.4. The molecule has 1 aromatic carbocycles. The number of nitrogens with one attached hydrogen (secondary N) is 1. The molecule has 140 valence electrons. The molecule has 2 heterocycles. The van der Waals surface area contributed by atoms with Crippen molar-refractivity contribution in [3.05, 3.63) is 63.9 Å². The second-order valence-electron chi connectivity index (χ2n) is 6.48. The maximum Gasteiger partial charge on any atom is 0.417 e. The van der Waals surface area contributed by atoms with Gasteiger partial charge >= 0.3 is 6.18 Å². The molecular weight excluding hydrogens is 363 g/mol. The number of alkyl halides is 3. The molecule has 1 aliphatic heterocycles. The van der Waals surface area contributed by atoms with Gasteiger partial charge in [0.05, 0.1) is 22.3 Å². The third-order valence-corrected chi connectivity index (χ3v) is 4.99. The van der Waals surface area contributed by atoms with E-state index in [0.29, 0.717) is 5.56 Å². The van der Waals surface area contributed by atoms with Crippen molar-refractivity contribution in [3.63, 3.8) is 0 Å². The highest BCUT2D eigenvalue weighted by molar-refractivity contribution is 6.31. The topological polar surface area (TPSA) is 28.2 Å². The fourth-order valence-electron chi connectivity index (χ4n) is 3.38. The van der Waals surface area contributed by atoms with Crippen molar-refractivity contribution in [2.45, 2.75) is 25.6 Å². The van der Waals surface area contributed by atoms with Gasteiger partial charge in [0.1, 0.15) is 0 Å². The number of hydrogen-bond acceptors (Lipinski definition) is 3. The Hall–Kier alpha value is -1.63. The number of rotatable bonds is 3. The number of nitrogens with zero attached hydrogens (tertiary/aromatic N) is 2. The van der Waals surface area contributed by atoms with E-state index in [1.54, 1.807) is 12.3 Å². The van der Waals surface area contributed by atoms with Gasteiger partial charge in [-0.25, -0.2) is 0 Å². The van der Waals surface area contributed by atoms with Gasteiger partial charge in [-0.15, -0.1) is 0 Å². The summed E-state index contributed by atoms with van der Waals surface area (Å²) in [6.45, 7) is 5.16. The Balaban J connectivity index is 2.10. The standard InChI is InChI=1S/C19H21ClF3N3/c1-13-4-2-8-25-17(13)18(26-10-3-7-24-9-11-26)14-5-6-16(20)15(12-14)19(21,22)23/h2,4-6,8,12,18,24H,3,7,9-11H2,1H3. The molecule has 3 rings (SSSR count). The number of halogens is 4. The molecule has 1 fully saturated rings. The fourth-order valence-corrected chi connectivity index (χ4v) is 3.61. The van der Waals surface area contributed by atoms with E-state index < -0.39 is 11.7 Å². The minimum Gasteiger partial charge on any atom is -0.315 e. The Morgan fingerprint density at radius 2 is 2.00 bits per heavy atom. The Kier molecular flexibility index (Phi) is 5.85. The van der Waals surface area contributed by atoms with Crippen molar-refractivity contribution in [2.75, 3.05) is 26.2 Å². The number of aromatic nitrogens is 1. The van der Waals surface area contributed by atoms with Crippen molar-refractivity contribution in [1.29, 1.82) is 0 Å². The van der Waals surface area contributed by atoms with Gasteiger partial charge in [-0.1, -0.05) is 23.7 Å². The summed E-state index contributed by atoms with van der Waals surface area (Å²) in [5, 5.41) is 3.05. The van der Waals surface area contributed by atoms with Gasteiger partial charge < -0.3 is 5.32 Å². The molecule has 7 heteroatoms. The molecule has 1 unspecified atom stereocenters. The van der Waals surface area contributed by atoms with E-state index in [4.69, 9.17) is 11.6 Å². The summed E-state index contributed by atoms with van der Waals surface area (Å²) < 4.78 is 40.1. The summed E-state index contributed by atoms with van der Waals surface area (Å²) in [4.78, 5) is 6.69. The van der Waals surface area contributed by atoms with Crippen LogP contribution in [0.25, 0.3) is 0 Å². The quantitative estimate of drug-likeness (QED) is 0.848. The maximum absolute atomic E-state index is 13.4. The predicted octanol–water partition coefficient (Wildman–Crippen LogP) is 4.45. The van der Waals surface area contributed by atoms with Crippen LogP contribution in [0.4, 0.5) is 13.2 Å². The first-order valence-corrected chi connectivity index (χ1v) is 8.98. The molecule has 1 aliphatic rings. The zero-order valence-corrected chi connectivity index (χ0v) is 15.2. The van der Waals surface area contributed by atoms with Gasteiger partial charge in [0.15, 0.2) is 0 Å². The highest BCUT2D eigenvalue weighted by atomic mass is 35.5. The van der Waals surface area contributed by atoms with Crippen LogP contribution in [0.1, 0.15) is 34.8 Å². The van der Waals surface area contributed by atoms with Crippen molar-refractivity contribution >= 4 is 11.6 Å². The van der Waals surface area contributed by atoms with E-state index in [-0.39, 0.29) is 11.1 Å². The molecule has 0 aliphatic carbocycles. The normalized spacial score (nSPS) is 17.7. The first kappa shape index (κ1) is 19.1. The van der Waals surface area contributed by atoms with Crippen molar-refractivity contribution in [1.82, 2.24) is 15.2 Å². The minimum absolute atomic E-state index is 0.282. The van der Waals surface area contributed by atoms with Crippen molar-refractivity contribution in [2.24, 2.45) is 0 Å². The predicted molar refractivity (Wildman–Crippen MR) is 96.3 cm³/mol. The lowest BCUT2D eigenvalue weighted by Gasteiger charge is -2.32. The smallest absolute Gasteiger partial charge is 0.315 e. The van der Waals surface area contributed by atoms with E-state index in [2.05, 4.69) is 15.2 Å². The van der Waals surface area contributed by atoms with Gasteiger partial charge in [-0.3, -0.25) is 9.88 Å². The average molecular weight is 384 g/mol. The summed E-state index contributed by atoms with van der Waals surface area (Å²) in [7, 11) is 0. The molecule has 1 saturated heterocycles. The molecule has 1 N–H and O–H groups in total. The summed E-state index contributed by atoms with van der Waals surface area (Å²) >= 11 is 5.82. The minimum atomic E-state index is -4.49. The lowest BCUT2D eigenvalue weighted by molar-refractivity contribution is -0.137. The summed E-state index contributed by atoms with van der Waals surface area (Å²) in [6.07, 6.45) is -1.87. The van der Waals surface area contributed by atoms with E-state index in [9.17, 15) is 13.2 Å². The Labute approximate surface area is 156 Å². The monoisotopic (exact) mass is 383 g/mol. The Bertz CT molecular complexity index is 756. The first-order valence-electron chi connectivity index (χ1n) is 8.61. The second-order valence-corrected chi connectivity index (χ2v) is 6.89. The zero-order valence-electron chi connectivity index (χ0n) is 14.5. The van der Waals surface area contributed by atoms with Crippen LogP contribution in [0.5, 0.6) is 0 Å². The van der Waals surface area contributed by atoms with Crippen LogP contribution in [-0.4, -0.2) is 36.1 Å². The number of hydrogen-bond donors (Lipinski definition) is 1. The summed E-state index contributed by atoms with van der Waals surface area (Å²) in [5.41, 5.74) is 1.50. The van der Waals surface area contributed by atoms with Gasteiger partial charge in [-0.05, 0) is 49.2 Å². The van der Waals surface area contributed by atoms with E-state index in [1.807, 2.05) is 19.1 Å². The van der Waals surface area contributed by atoms with Crippen LogP contribution in [0.15, 0.2) is 36.5 Å². The van der Waals surface area contributed by atoms with Crippen LogP contribution in [0.2, 0.25) is 5.02 Å². The van der Waals surface area contributed by atoms with Crippen LogP contribution in [-0.2, 0) is 6.18 Å². The summed E-state index contributed by atoms with van der Waals surface area (Å²) in [6, 6.07) is 7.61. The molecule has 0 spiro atoms. The van der Waals surface area contributed by atoms with Crippen LogP contribution < -0.4 is 5.32 Å². The molecule has 0 bridgehead atoms. The highest BCUT2D eigenvalue weighted by Crippen LogP contribution is 2.38. The van der Waals surface area contributed by atoms with Gasteiger partial charge in [0.25, 0.3) is 0 Å². The molecule has 0 radical (unpaired) electrons. The number of pyridine rings is 1. The molecule has 3 nitrogen and oxygen atoms in total. The molecule has 0 saturated carbocycles. The number of benzene rings is 1. The van der Waals surface area contributed by atoms with Crippen molar-refractivity contribution < 1.29 is 13.2 Å².